The normalized spacial score (nSPS) is 11.3. The Bertz CT molecular complexity index is 831. The number of hydrogen-bond acceptors (Lipinski definition) is 4. The van der Waals surface area contributed by atoms with Crippen molar-refractivity contribution in [3.8, 4) is 5.95 Å². The van der Waals surface area contributed by atoms with E-state index < -0.39 is 0 Å². The quantitative estimate of drug-likeness (QED) is 0.694. The first-order chi connectivity index (χ1) is 9.54. The summed E-state index contributed by atoms with van der Waals surface area (Å²) in [5, 5.41) is 4.88. The topological polar surface area (TPSA) is 89.6 Å². The van der Waals surface area contributed by atoms with Crippen molar-refractivity contribution < 1.29 is 0 Å². The summed E-state index contributed by atoms with van der Waals surface area (Å²) in [5.74, 6) is 0.724. The number of aromatic nitrogens is 4. The van der Waals surface area contributed by atoms with Crippen LogP contribution < -0.4 is 11.3 Å². The van der Waals surface area contributed by atoms with Gasteiger partial charge in [-0.1, -0.05) is 13.8 Å². The lowest BCUT2D eigenvalue weighted by atomic mass is 10.1. The van der Waals surface area contributed by atoms with Crippen molar-refractivity contribution in [1.82, 2.24) is 19.7 Å². The predicted molar refractivity (Wildman–Crippen MR) is 78.0 cm³/mol. The highest BCUT2D eigenvalue weighted by Crippen LogP contribution is 2.14. The molecule has 1 aromatic carbocycles. The van der Waals surface area contributed by atoms with Gasteiger partial charge in [-0.15, -0.1) is 0 Å². The molecular weight excluding hydrogens is 254 g/mol. The average molecular weight is 269 g/mol. The van der Waals surface area contributed by atoms with Crippen molar-refractivity contribution in [3.05, 3.63) is 46.5 Å². The third-order valence-electron chi connectivity index (χ3n) is 3.14. The minimum atomic E-state index is -0.223. The Kier molecular flexibility index (Phi) is 2.78. The summed E-state index contributed by atoms with van der Waals surface area (Å²) < 4.78 is 1.58. The zero-order chi connectivity index (χ0) is 14.3. The first-order valence-electron chi connectivity index (χ1n) is 6.40. The van der Waals surface area contributed by atoms with E-state index in [4.69, 9.17) is 5.73 Å². The number of anilines is 1. The Hall–Kier alpha value is -2.63. The van der Waals surface area contributed by atoms with Gasteiger partial charge in [-0.2, -0.15) is 5.10 Å². The predicted octanol–water partition coefficient (Wildman–Crippen LogP) is 1.81. The number of nitrogens with one attached hydrogen (secondary N) is 1. The van der Waals surface area contributed by atoms with E-state index in [-0.39, 0.29) is 5.56 Å². The van der Waals surface area contributed by atoms with Crippen LogP contribution in [0.5, 0.6) is 0 Å². The molecule has 0 saturated heterocycles. The standard InChI is InChI=1S/C14H15N5O/c1-8(2)11-5-6-19(18-11)14-16-12-4-3-9(15)7-10(12)13(20)17-14/h3-8H,15H2,1-2H3,(H,16,17,20). The second-order valence-corrected chi connectivity index (χ2v) is 5.01. The maximum absolute atomic E-state index is 12.1. The Morgan fingerprint density at radius 1 is 1.30 bits per heavy atom. The van der Waals surface area contributed by atoms with E-state index >= 15 is 0 Å². The van der Waals surface area contributed by atoms with Gasteiger partial charge in [0.25, 0.3) is 5.56 Å². The Morgan fingerprint density at radius 3 is 2.80 bits per heavy atom. The molecule has 0 saturated carbocycles. The van der Waals surface area contributed by atoms with E-state index in [1.165, 1.54) is 0 Å². The maximum atomic E-state index is 12.1. The summed E-state index contributed by atoms with van der Waals surface area (Å²) in [5.41, 5.74) is 7.54. The molecule has 6 heteroatoms. The van der Waals surface area contributed by atoms with Gasteiger partial charge < -0.3 is 5.73 Å². The SMILES string of the molecule is CC(C)c1ccn(-c2nc3ccc(N)cc3c(=O)[nH]2)n1. The number of nitrogen functional groups attached to an aromatic ring is 1. The molecule has 0 atom stereocenters. The molecule has 0 amide bonds. The van der Waals surface area contributed by atoms with Crippen LogP contribution in [-0.2, 0) is 0 Å². The van der Waals surface area contributed by atoms with Gasteiger partial charge in [0.05, 0.1) is 16.6 Å². The lowest BCUT2D eigenvalue weighted by Crippen LogP contribution is -2.14. The van der Waals surface area contributed by atoms with E-state index in [0.717, 1.165) is 5.69 Å². The first kappa shape index (κ1) is 12.4. The lowest BCUT2D eigenvalue weighted by Gasteiger charge is -2.04. The molecule has 0 bridgehead atoms. The Balaban J connectivity index is 2.17. The highest BCUT2D eigenvalue weighted by molar-refractivity contribution is 5.81. The number of nitrogens with zero attached hydrogens (tertiary/aromatic N) is 3. The maximum Gasteiger partial charge on any atom is 0.260 e. The molecule has 0 aliphatic rings. The summed E-state index contributed by atoms with van der Waals surface area (Å²) >= 11 is 0. The smallest absolute Gasteiger partial charge is 0.260 e. The molecule has 2 heterocycles. The van der Waals surface area contributed by atoms with E-state index in [0.29, 0.717) is 28.5 Å². The number of rotatable bonds is 2. The molecule has 0 spiro atoms. The third-order valence-corrected chi connectivity index (χ3v) is 3.14. The number of hydrogen-bond donors (Lipinski definition) is 2. The number of aromatic amines is 1. The molecule has 0 aliphatic carbocycles. The molecule has 0 radical (unpaired) electrons. The fraction of sp³-hybridized carbons (Fsp3) is 0.214. The highest BCUT2D eigenvalue weighted by atomic mass is 16.1. The van der Waals surface area contributed by atoms with Crippen LogP contribution in [0.2, 0.25) is 0 Å². The van der Waals surface area contributed by atoms with Crippen LogP contribution >= 0.6 is 0 Å². The molecule has 6 nitrogen and oxygen atoms in total. The van der Waals surface area contributed by atoms with Gasteiger partial charge in [0, 0.05) is 11.9 Å². The molecule has 20 heavy (non-hydrogen) atoms. The average Bonchev–Trinajstić information content (AvgIpc) is 2.89. The number of H-pyrrole nitrogens is 1. The fourth-order valence-electron chi connectivity index (χ4n) is 2.02. The van der Waals surface area contributed by atoms with E-state index in [1.54, 1.807) is 29.1 Å². The molecule has 102 valence electrons. The van der Waals surface area contributed by atoms with Crippen molar-refractivity contribution in [2.75, 3.05) is 5.73 Å². The van der Waals surface area contributed by atoms with Gasteiger partial charge in [0.2, 0.25) is 5.95 Å². The van der Waals surface area contributed by atoms with E-state index in [9.17, 15) is 4.79 Å². The second kappa shape index (κ2) is 4.48. The van der Waals surface area contributed by atoms with E-state index in [1.807, 2.05) is 6.07 Å². The van der Waals surface area contributed by atoms with E-state index in [2.05, 4.69) is 28.9 Å². The van der Waals surface area contributed by atoms with Crippen molar-refractivity contribution in [3.63, 3.8) is 0 Å². The third kappa shape index (κ3) is 2.05. The zero-order valence-electron chi connectivity index (χ0n) is 11.3. The van der Waals surface area contributed by atoms with Gasteiger partial charge >= 0.3 is 0 Å². The summed E-state index contributed by atoms with van der Waals surface area (Å²) in [6.07, 6.45) is 1.79. The van der Waals surface area contributed by atoms with Crippen LogP contribution in [0.15, 0.2) is 35.3 Å². The van der Waals surface area contributed by atoms with Gasteiger partial charge in [-0.3, -0.25) is 9.78 Å². The monoisotopic (exact) mass is 269 g/mol. The molecular formula is C14H15N5O. The highest BCUT2D eigenvalue weighted by Gasteiger charge is 2.09. The van der Waals surface area contributed by atoms with Crippen LogP contribution in [-0.4, -0.2) is 19.7 Å². The minimum absolute atomic E-state index is 0.223. The fourth-order valence-corrected chi connectivity index (χ4v) is 2.02. The van der Waals surface area contributed by atoms with Gasteiger partial charge in [0.15, 0.2) is 0 Å². The second-order valence-electron chi connectivity index (χ2n) is 5.01. The molecule has 3 N–H and O–H groups in total. The van der Waals surface area contributed by atoms with Crippen LogP contribution in [0, 0.1) is 0 Å². The summed E-state index contributed by atoms with van der Waals surface area (Å²) in [6.45, 7) is 4.12. The summed E-state index contributed by atoms with van der Waals surface area (Å²) in [7, 11) is 0. The van der Waals surface area contributed by atoms with Crippen molar-refractivity contribution in [1.29, 1.82) is 0 Å². The van der Waals surface area contributed by atoms with Crippen LogP contribution in [0.25, 0.3) is 16.9 Å². The van der Waals surface area contributed by atoms with Crippen molar-refractivity contribution in [2.24, 2.45) is 0 Å². The molecule has 2 aromatic heterocycles. The molecule has 3 aromatic rings. The lowest BCUT2D eigenvalue weighted by molar-refractivity contribution is 0.743. The summed E-state index contributed by atoms with van der Waals surface area (Å²) in [4.78, 5) is 19.2. The minimum Gasteiger partial charge on any atom is -0.399 e. The molecule has 3 rings (SSSR count). The number of fused-ring (bicyclic) bond motifs is 1. The van der Waals surface area contributed by atoms with Crippen molar-refractivity contribution in [2.45, 2.75) is 19.8 Å². The molecule has 0 fully saturated rings. The summed E-state index contributed by atoms with van der Waals surface area (Å²) in [6, 6.07) is 6.99. The Labute approximate surface area is 115 Å². The van der Waals surface area contributed by atoms with Gasteiger partial charge in [0.1, 0.15) is 0 Å². The van der Waals surface area contributed by atoms with Crippen molar-refractivity contribution >= 4 is 16.6 Å². The zero-order valence-corrected chi connectivity index (χ0v) is 11.3. The van der Waals surface area contributed by atoms with Gasteiger partial charge in [-0.25, -0.2) is 9.67 Å². The number of benzene rings is 1. The van der Waals surface area contributed by atoms with Crippen LogP contribution in [0.1, 0.15) is 25.5 Å². The van der Waals surface area contributed by atoms with Gasteiger partial charge in [-0.05, 0) is 30.2 Å². The molecule has 0 aliphatic heterocycles. The first-order valence-corrected chi connectivity index (χ1v) is 6.40. The van der Waals surface area contributed by atoms with Crippen LogP contribution in [0.3, 0.4) is 0 Å². The number of nitrogens with two attached hydrogens (primary N) is 1. The van der Waals surface area contributed by atoms with Crippen LogP contribution in [0.4, 0.5) is 5.69 Å². The molecule has 0 unspecified atom stereocenters. The largest absolute Gasteiger partial charge is 0.399 e. The Morgan fingerprint density at radius 2 is 2.10 bits per heavy atom.